The second-order valence-electron chi connectivity index (χ2n) is 7.00. The van der Waals surface area contributed by atoms with Crippen LogP contribution >= 0.6 is 35.3 Å². The Kier molecular flexibility index (Phi) is 7.47. The molecule has 0 atom stereocenters. The maximum atomic E-state index is 13.0. The molecule has 1 aromatic heterocycles. The van der Waals surface area contributed by atoms with Crippen molar-refractivity contribution in [3.8, 4) is 5.69 Å². The van der Waals surface area contributed by atoms with Gasteiger partial charge in [0.2, 0.25) is 0 Å². The van der Waals surface area contributed by atoms with Crippen molar-refractivity contribution in [3.05, 3.63) is 105 Å². The van der Waals surface area contributed by atoms with E-state index in [9.17, 15) is 9.18 Å². The molecule has 162 valence electrons. The quantitative estimate of drug-likeness (QED) is 0.245. The van der Waals surface area contributed by atoms with Gasteiger partial charge in [0.05, 0.1) is 5.69 Å². The highest BCUT2D eigenvalue weighted by atomic mass is 32.2. The molecular formula is C24H20FN3OS3. The molecule has 0 spiro atoms. The summed E-state index contributed by atoms with van der Waals surface area (Å²) in [5.74, 6) is 0.416. The van der Waals surface area contributed by atoms with Crippen molar-refractivity contribution in [1.82, 2.24) is 15.1 Å². The number of carbonyl (C=O) groups is 1. The van der Waals surface area contributed by atoms with Crippen LogP contribution in [0.5, 0.6) is 0 Å². The van der Waals surface area contributed by atoms with Gasteiger partial charge >= 0.3 is 0 Å². The largest absolute Gasteiger partial charge is 0.352 e. The van der Waals surface area contributed by atoms with Gasteiger partial charge in [-0.05, 0) is 66.2 Å². The number of nitrogens with zero attached hydrogens (tertiary/aromatic N) is 2. The van der Waals surface area contributed by atoms with E-state index in [1.807, 2.05) is 30.3 Å². The van der Waals surface area contributed by atoms with Gasteiger partial charge in [-0.2, -0.15) is 0 Å². The van der Waals surface area contributed by atoms with Crippen LogP contribution in [0.3, 0.4) is 0 Å². The first-order chi connectivity index (χ1) is 15.6. The molecule has 0 radical (unpaired) electrons. The van der Waals surface area contributed by atoms with E-state index in [0.717, 1.165) is 21.3 Å². The maximum absolute atomic E-state index is 13.0. The van der Waals surface area contributed by atoms with Crippen molar-refractivity contribution in [2.24, 2.45) is 0 Å². The van der Waals surface area contributed by atoms with E-state index in [1.54, 1.807) is 40.7 Å². The van der Waals surface area contributed by atoms with Crippen LogP contribution in [0.4, 0.5) is 4.39 Å². The molecule has 3 aromatic carbocycles. The van der Waals surface area contributed by atoms with Gasteiger partial charge < -0.3 is 5.32 Å². The Labute approximate surface area is 199 Å². The molecule has 0 aliphatic heterocycles. The summed E-state index contributed by atoms with van der Waals surface area (Å²) in [7, 11) is 0. The van der Waals surface area contributed by atoms with Crippen molar-refractivity contribution in [3.63, 3.8) is 0 Å². The lowest BCUT2D eigenvalue weighted by molar-refractivity contribution is 0.0954. The van der Waals surface area contributed by atoms with Gasteiger partial charge in [-0.3, -0.25) is 4.79 Å². The number of aromatic nitrogens is 2. The number of thioether (sulfide) groups is 1. The molecule has 0 unspecified atom stereocenters. The zero-order chi connectivity index (χ0) is 22.3. The van der Waals surface area contributed by atoms with Crippen LogP contribution in [0.1, 0.15) is 21.5 Å². The Balaban J connectivity index is 1.34. The predicted octanol–water partition coefficient (Wildman–Crippen LogP) is 6.07. The normalized spacial score (nSPS) is 10.8. The average molecular weight is 482 g/mol. The first-order valence-corrected chi connectivity index (χ1v) is 12.2. The second-order valence-corrected chi connectivity index (χ2v) is 9.84. The van der Waals surface area contributed by atoms with Gasteiger partial charge in [0, 0.05) is 17.9 Å². The van der Waals surface area contributed by atoms with Gasteiger partial charge in [0.25, 0.3) is 5.91 Å². The molecule has 4 aromatic rings. The highest BCUT2D eigenvalue weighted by molar-refractivity contribution is 8.00. The smallest absolute Gasteiger partial charge is 0.251 e. The molecule has 8 heteroatoms. The lowest BCUT2D eigenvalue weighted by Gasteiger charge is -2.07. The fourth-order valence-electron chi connectivity index (χ4n) is 3.03. The van der Waals surface area contributed by atoms with Crippen LogP contribution in [0.15, 0.2) is 83.2 Å². The molecule has 1 amide bonds. The lowest BCUT2D eigenvalue weighted by atomic mass is 10.1. The molecule has 4 nitrogen and oxygen atoms in total. The molecule has 4 rings (SSSR count). The highest BCUT2D eigenvalue weighted by Crippen LogP contribution is 2.27. The Morgan fingerprint density at radius 1 is 1.00 bits per heavy atom. The summed E-state index contributed by atoms with van der Waals surface area (Å²) >= 11 is 8.61. The molecule has 1 heterocycles. The van der Waals surface area contributed by atoms with E-state index in [1.165, 1.54) is 29.0 Å². The molecule has 32 heavy (non-hydrogen) atoms. The summed E-state index contributed by atoms with van der Waals surface area (Å²) < 4.78 is 16.3. The summed E-state index contributed by atoms with van der Waals surface area (Å²) in [5, 5.41) is 7.52. The van der Waals surface area contributed by atoms with Gasteiger partial charge in [0.1, 0.15) is 5.82 Å². The molecule has 0 saturated carbocycles. The van der Waals surface area contributed by atoms with Crippen molar-refractivity contribution in [1.29, 1.82) is 0 Å². The maximum Gasteiger partial charge on any atom is 0.251 e. The van der Waals surface area contributed by atoms with Crippen molar-refractivity contribution in [2.45, 2.75) is 16.5 Å². The number of amides is 1. The van der Waals surface area contributed by atoms with Gasteiger partial charge in [-0.1, -0.05) is 65.6 Å². The summed E-state index contributed by atoms with van der Waals surface area (Å²) in [4.78, 5) is 12.4. The number of hydrogen-bond donors (Lipinski definition) is 1. The zero-order valence-electron chi connectivity index (χ0n) is 17.0. The Hall–Kier alpha value is -2.81. The third-order valence-corrected chi connectivity index (χ3v) is 7.16. The Morgan fingerprint density at radius 2 is 1.72 bits per heavy atom. The monoisotopic (exact) mass is 481 g/mol. The van der Waals surface area contributed by atoms with Crippen LogP contribution in [0, 0.1) is 9.77 Å². The van der Waals surface area contributed by atoms with E-state index >= 15 is 0 Å². The van der Waals surface area contributed by atoms with Crippen molar-refractivity contribution < 1.29 is 9.18 Å². The van der Waals surface area contributed by atoms with Crippen LogP contribution in [0.2, 0.25) is 0 Å². The van der Waals surface area contributed by atoms with E-state index < -0.39 is 0 Å². The van der Waals surface area contributed by atoms with Crippen molar-refractivity contribution in [2.75, 3.05) is 6.54 Å². The van der Waals surface area contributed by atoms with Crippen molar-refractivity contribution >= 4 is 41.2 Å². The number of benzene rings is 3. The molecule has 0 aliphatic carbocycles. The third-order valence-electron chi connectivity index (χ3n) is 4.72. The summed E-state index contributed by atoms with van der Waals surface area (Å²) in [6.45, 7) is 0.478. The molecule has 0 fully saturated rings. The Morgan fingerprint density at radius 3 is 2.44 bits per heavy atom. The first kappa shape index (κ1) is 22.4. The zero-order valence-corrected chi connectivity index (χ0v) is 19.5. The number of nitrogens with one attached hydrogen (secondary N) is 1. The van der Waals surface area contributed by atoms with Gasteiger partial charge in [-0.25, -0.2) is 9.07 Å². The topological polar surface area (TPSA) is 46.9 Å². The van der Waals surface area contributed by atoms with Gasteiger partial charge in [-0.15, -0.1) is 5.10 Å². The first-order valence-electron chi connectivity index (χ1n) is 9.98. The van der Waals surface area contributed by atoms with E-state index in [-0.39, 0.29) is 11.7 Å². The molecule has 0 aliphatic rings. The summed E-state index contributed by atoms with van der Waals surface area (Å²) in [6.07, 6.45) is 0.640. The number of carbonyl (C=O) groups excluding carboxylic acids is 1. The minimum Gasteiger partial charge on any atom is -0.352 e. The molecule has 0 bridgehead atoms. The number of rotatable bonds is 8. The third kappa shape index (κ3) is 5.91. The average Bonchev–Trinajstić information content (AvgIpc) is 3.20. The summed E-state index contributed by atoms with van der Waals surface area (Å²) in [6, 6.07) is 23.7. The second kappa shape index (κ2) is 10.7. The highest BCUT2D eigenvalue weighted by Gasteiger charge is 2.09. The number of halogens is 1. The SMILES string of the molecule is O=C(NCCc1ccc(F)cc1)c1ccc(-n2nc(SCc3ccccc3)sc2=S)cc1. The number of hydrogen-bond acceptors (Lipinski definition) is 5. The fraction of sp³-hybridized carbons (Fsp3) is 0.125. The molecule has 1 N–H and O–H groups in total. The van der Waals surface area contributed by atoms with Crippen LogP contribution < -0.4 is 5.32 Å². The predicted molar refractivity (Wildman–Crippen MR) is 131 cm³/mol. The molecular weight excluding hydrogens is 461 g/mol. The minimum absolute atomic E-state index is 0.153. The lowest BCUT2D eigenvalue weighted by Crippen LogP contribution is -2.25. The van der Waals surface area contributed by atoms with E-state index in [4.69, 9.17) is 12.2 Å². The van der Waals surface area contributed by atoms with Crippen LogP contribution in [-0.2, 0) is 12.2 Å². The Bertz CT molecular complexity index is 1240. The summed E-state index contributed by atoms with van der Waals surface area (Å²) in [5.41, 5.74) is 3.59. The van der Waals surface area contributed by atoms with Crippen LogP contribution in [-0.4, -0.2) is 22.2 Å². The minimum atomic E-state index is -0.264. The fourth-order valence-corrected chi connectivity index (χ4v) is 5.35. The van der Waals surface area contributed by atoms with Gasteiger partial charge in [0.15, 0.2) is 8.29 Å². The van der Waals surface area contributed by atoms with E-state index in [0.29, 0.717) is 22.5 Å². The standard InChI is InChI=1S/C24H20FN3OS3/c25-20-10-6-17(7-11-20)14-15-26-22(29)19-8-12-21(13-9-19)28-24(30)32-23(27-28)31-16-18-4-2-1-3-5-18/h1-13H,14-16H2,(H,26,29). The molecule has 0 saturated heterocycles. The van der Waals surface area contributed by atoms with Crippen LogP contribution in [0.25, 0.3) is 5.69 Å². The van der Waals surface area contributed by atoms with E-state index in [2.05, 4.69) is 22.5 Å².